The molecule has 17 heavy (non-hydrogen) atoms. The molecule has 1 aliphatic heterocycles. The molecular formula is C13H16BrFO2. The van der Waals surface area contributed by atoms with Crippen LogP contribution in [-0.4, -0.2) is 23.9 Å². The van der Waals surface area contributed by atoms with Crippen molar-refractivity contribution in [3.8, 4) is 0 Å². The number of rotatable bonds is 3. The van der Waals surface area contributed by atoms with Gasteiger partial charge in [-0.15, -0.1) is 0 Å². The van der Waals surface area contributed by atoms with Crippen LogP contribution < -0.4 is 0 Å². The number of ether oxygens (including phenoxy) is 1. The minimum atomic E-state index is -0.552. The highest BCUT2D eigenvalue weighted by Crippen LogP contribution is 2.21. The molecule has 1 aromatic carbocycles. The summed E-state index contributed by atoms with van der Waals surface area (Å²) in [5, 5.41) is 10.0. The summed E-state index contributed by atoms with van der Waals surface area (Å²) in [6.45, 7) is 0.717. The number of hydrogen-bond acceptors (Lipinski definition) is 2. The van der Waals surface area contributed by atoms with Crippen LogP contribution in [0.3, 0.4) is 0 Å². The molecule has 2 atom stereocenters. The highest BCUT2D eigenvalue weighted by Gasteiger charge is 2.22. The molecule has 1 aliphatic rings. The minimum Gasteiger partial charge on any atom is -0.390 e. The number of hydrogen-bond donors (Lipinski definition) is 1. The van der Waals surface area contributed by atoms with Crippen molar-refractivity contribution in [2.75, 3.05) is 6.61 Å². The lowest BCUT2D eigenvalue weighted by Crippen LogP contribution is -2.33. The van der Waals surface area contributed by atoms with Gasteiger partial charge in [-0.3, -0.25) is 0 Å². The summed E-state index contributed by atoms with van der Waals surface area (Å²) in [4.78, 5) is 0. The van der Waals surface area contributed by atoms with Gasteiger partial charge < -0.3 is 9.84 Å². The molecule has 94 valence electrons. The largest absolute Gasteiger partial charge is 0.390 e. The van der Waals surface area contributed by atoms with Crippen LogP contribution in [0, 0.1) is 5.82 Å². The van der Waals surface area contributed by atoms with Gasteiger partial charge in [-0.25, -0.2) is 4.39 Å². The van der Waals surface area contributed by atoms with Gasteiger partial charge in [-0.1, -0.05) is 15.9 Å². The molecule has 0 saturated carbocycles. The molecule has 0 radical (unpaired) electrons. The third kappa shape index (κ3) is 3.76. The maximum Gasteiger partial charge on any atom is 0.124 e. The van der Waals surface area contributed by atoms with Gasteiger partial charge >= 0.3 is 0 Å². The van der Waals surface area contributed by atoms with E-state index in [1.54, 1.807) is 0 Å². The van der Waals surface area contributed by atoms with Crippen molar-refractivity contribution in [1.82, 2.24) is 0 Å². The Labute approximate surface area is 109 Å². The first-order valence-corrected chi connectivity index (χ1v) is 6.69. The molecule has 2 unspecified atom stereocenters. The molecule has 1 saturated heterocycles. The fraction of sp³-hybridized carbons (Fsp3) is 0.538. The highest BCUT2D eigenvalue weighted by molar-refractivity contribution is 9.10. The first-order valence-electron chi connectivity index (χ1n) is 5.90. The molecule has 1 N–H and O–H groups in total. The van der Waals surface area contributed by atoms with Crippen LogP contribution in [0.4, 0.5) is 4.39 Å². The average molecular weight is 303 g/mol. The quantitative estimate of drug-likeness (QED) is 0.930. The lowest BCUT2D eigenvalue weighted by molar-refractivity contribution is -0.0611. The molecule has 1 aromatic rings. The Morgan fingerprint density at radius 1 is 1.41 bits per heavy atom. The smallest absolute Gasteiger partial charge is 0.124 e. The Hall–Kier alpha value is -0.450. The molecule has 0 amide bonds. The van der Waals surface area contributed by atoms with E-state index in [0.717, 1.165) is 24.8 Å². The minimum absolute atomic E-state index is 0.106. The van der Waals surface area contributed by atoms with Crippen molar-refractivity contribution in [1.29, 1.82) is 0 Å². The Kier molecular flexibility index (Phi) is 4.54. The van der Waals surface area contributed by atoms with E-state index < -0.39 is 6.10 Å². The van der Waals surface area contributed by atoms with Crippen molar-refractivity contribution in [2.45, 2.75) is 37.9 Å². The van der Waals surface area contributed by atoms with Gasteiger partial charge in [-0.2, -0.15) is 0 Å². The van der Waals surface area contributed by atoms with Gasteiger partial charge in [0.2, 0.25) is 0 Å². The molecule has 0 bridgehead atoms. The Balaban J connectivity index is 1.99. The first kappa shape index (κ1) is 13.0. The van der Waals surface area contributed by atoms with Gasteiger partial charge in [0.1, 0.15) is 5.82 Å². The second kappa shape index (κ2) is 5.94. The third-order valence-corrected chi connectivity index (χ3v) is 3.47. The summed E-state index contributed by atoms with van der Waals surface area (Å²) in [5.41, 5.74) is 0.790. The van der Waals surface area contributed by atoms with Crippen molar-refractivity contribution in [2.24, 2.45) is 0 Å². The summed E-state index contributed by atoms with van der Waals surface area (Å²) in [7, 11) is 0. The molecule has 0 aromatic heterocycles. The summed E-state index contributed by atoms with van der Waals surface area (Å²) in [5.74, 6) is -0.286. The predicted octanol–water partition coefficient (Wildman–Crippen LogP) is 3.06. The number of aliphatic hydroxyl groups is 1. The fourth-order valence-corrected chi connectivity index (χ4v) is 2.68. The van der Waals surface area contributed by atoms with E-state index >= 15 is 0 Å². The Morgan fingerprint density at radius 2 is 2.24 bits per heavy atom. The summed E-state index contributed by atoms with van der Waals surface area (Å²) in [6, 6.07) is 4.69. The second-order valence-electron chi connectivity index (χ2n) is 4.45. The van der Waals surface area contributed by atoms with Crippen LogP contribution in [0.25, 0.3) is 0 Å². The van der Waals surface area contributed by atoms with E-state index in [1.807, 2.05) is 6.07 Å². The van der Waals surface area contributed by atoms with Gasteiger partial charge in [0, 0.05) is 17.5 Å². The van der Waals surface area contributed by atoms with Crippen LogP contribution >= 0.6 is 15.9 Å². The lowest BCUT2D eigenvalue weighted by Gasteiger charge is -2.27. The molecule has 2 nitrogen and oxygen atoms in total. The van der Waals surface area contributed by atoms with Crippen molar-refractivity contribution in [3.05, 3.63) is 34.1 Å². The van der Waals surface area contributed by atoms with Gasteiger partial charge in [0.05, 0.1) is 12.2 Å². The van der Waals surface area contributed by atoms with Crippen LogP contribution in [0.1, 0.15) is 24.8 Å². The predicted molar refractivity (Wildman–Crippen MR) is 67.4 cm³/mol. The van der Waals surface area contributed by atoms with Gasteiger partial charge in [0.15, 0.2) is 0 Å². The topological polar surface area (TPSA) is 29.5 Å². The zero-order chi connectivity index (χ0) is 12.3. The van der Waals surface area contributed by atoms with Crippen LogP contribution in [0.15, 0.2) is 22.7 Å². The van der Waals surface area contributed by atoms with E-state index in [4.69, 9.17) is 4.74 Å². The third-order valence-electron chi connectivity index (χ3n) is 3.01. The van der Waals surface area contributed by atoms with E-state index in [0.29, 0.717) is 17.5 Å². The SMILES string of the molecule is OC(Cc1cc(F)cc(Br)c1)C1CCCCO1. The normalized spacial score (nSPS) is 22.4. The van der Waals surface area contributed by atoms with Crippen molar-refractivity contribution in [3.63, 3.8) is 0 Å². The lowest BCUT2D eigenvalue weighted by atomic mass is 9.98. The van der Waals surface area contributed by atoms with E-state index in [-0.39, 0.29) is 11.9 Å². The zero-order valence-electron chi connectivity index (χ0n) is 9.53. The van der Waals surface area contributed by atoms with Crippen molar-refractivity contribution >= 4 is 15.9 Å². The first-order chi connectivity index (χ1) is 8.15. The Bertz CT molecular complexity index is 357. The van der Waals surface area contributed by atoms with E-state index in [1.165, 1.54) is 12.1 Å². The molecule has 2 rings (SSSR count). The molecule has 1 heterocycles. The molecule has 0 aliphatic carbocycles. The second-order valence-corrected chi connectivity index (χ2v) is 5.37. The molecule has 1 fully saturated rings. The van der Waals surface area contributed by atoms with Crippen molar-refractivity contribution < 1.29 is 14.2 Å². The average Bonchev–Trinajstić information content (AvgIpc) is 2.28. The van der Waals surface area contributed by atoms with Crippen LogP contribution in [0.5, 0.6) is 0 Å². The van der Waals surface area contributed by atoms with E-state index in [2.05, 4.69) is 15.9 Å². The maximum absolute atomic E-state index is 13.2. The molecular weight excluding hydrogens is 287 g/mol. The van der Waals surface area contributed by atoms with Crippen LogP contribution in [-0.2, 0) is 11.2 Å². The fourth-order valence-electron chi connectivity index (χ4n) is 2.17. The standard InChI is InChI=1S/C13H16BrFO2/c14-10-5-9(6-11(15)8-10)7-12(16)13-3-1-2-4-17-13/h5-6,8,12-13,16H,1-4,7H2. The summed E-state index contributed by atoms with van der Waals surface area (Å²) in [6.07, 6.45) is 2.82. The molecule has 4 heteroatoms. The monoisotopic (exact) mass is 302 g/mol. The summed E-state index contributed by atoms with van der Waals surface area (Å²) >= 11 is 3.25. The van der Waals surface area contributed by atoms with Gasteiger partial charge in [0.25, 0.3) is 0 Å². The van der Waals surface area contributed by atoms with Gasteiger partial charge in [-0.05, 0) is 43.0 Å². The number of benzene rings is 1. The summed E-state index contributed by atoms with van der Waals surface area (Å²) < 4.78 is 19.4. The number of aliphatic hydroxyl groups excluding tert-OH is 1. The Morgan fingerprint density at radius 3 is 2.88 bits per heavy atom. The highest BCUT2D eigenvalue weighted by atomic mass is 79.9. The van der Waals surface area contributed by atoms with E-state index in [9.17, 15) is 9.50 Å². The maximum atomic E-state index is 13.2. The number of halogens is 2. The zero-order valence-corrected chi connectivity index (χ0v) is 11.1. The van der Waals surface area contributed by atoms with Crippen LogP contribution in [0.2, 0.25) is 0 Å². The molecule has 0 spiro atoms.